The zero-order chi connectivity index (χ0) is 25.2. The third-order valence-electron chi connectivity index (χ3n) is 7.14. The number of pyridine rings is 1. The summed E-state index contributed by atoms with van der Waals surface area (Å²) in [5, 5.41) is 14.6. The van der Waals surface area contributed by atoms with Crippen LogP contribution in [0.3, 0.4) is 0 Å². The van der Waals surface area contributed by atoms with Gasteiger partial charge in [-0.3, -0.25) is 9.78 Å². The van der Waals surface area contributed by atoms with Crippen LogP contribution in [0.15, 0.2) is 30.5 Å². The van der Waals surface area contributed by atoms with E-state index in [-0.39, 0.29) is 18.0 Å². The maximum absolute atomic E-state index is 13.3. The van der Waals surface area contributed by atoms with Gasteiger partial charge in [-0.1, -0.05) is 0 Å². The van der Waals surface area contributed by atoms with Gasteiger partial charge in [0.2, 0.25) is 0 Å². The largest absolute Gasteiger partial charge is 0.497 e. The quantitative estimate of drug-likeness (QED) is 0.363. The molecule has 0 radical (unpaired) electrons. The van der Waals surface area contributed by atoms with Gasteiger partial charge >= 0.3 is 6.09 Å². The van der Waals surface area contributed by atoms with Crippen molar-refractivity contribution in [1.82, 2.24) is 20.6 Å². The zero-order valence-corrected chi connectivity index (χ0v) is 20.6. The molecule has 0 saturated heterocycles. The Kier molecular flexibility index (Phi) is 6.71. The molecule has 0 spiro atoms. The monoisotopic (exact) mass is 492 g/mol. The lowest BCUT2D eigenvalue weighted by atomic mass is 9.91. The number of carbonyl (C=O) groups excluding carboxylic acids is 1. The van der Waals surface area contributed by atoms with Gasteiger partial charge in [0.05, 0.1) is 24.8 Å². The number of aromatic amines is 1. The zero-order valence-electron chi connectivity index (χ0n) is 20.6. The smallest absolute Gasteiger partial charge is 0.404 e. The van der Waals surface area contributed by atoms with Gasteiger partial charge in [0.15, 0.2) is 0 Å². The van der Waals surface area contributed by atoms with Gasteiger partial charge in [-0.25, -0.2) is 4.79 Å². The first kappa shape index (κ1) is 24.0. The second-order valence-corrected chi connectivity index (χ2v) is 9.80. The minimum absolute atomic E-state index is 0.000826. The SMILES string of the molecule is COc1ccc(-c2ccnc3c(C(=O)N[C@H]4CC[C@@H](NC(=O)O)CC4)c(C)[nH]c23)c(OCC2CC2)c1. The summed E-state index contributed by atoms with van der Waals surface area (Å²) in [5.74, 6) is 1.92. The summed E-state index contributed by atoms with van der Waals surface area (Å²) in [4.78, 5) is 32.2. The molecule has 1 aromatic carbocycles. The van der Waals surface area contributed by atoms with E-state index in [9.17, 15) is 9.59 Å². The molecule has 2 saturated carbocycles. The third-order valence-corrected chi connectivity index (χ3v) is 7.14. The van der Waals surface area contributed by atoms with Gasteiger partial charge in [0, 0.05) is 41.2 Å². The number of amides is 2. The first-order valence-corrected chi connectivity index (χ1v) is 12.5. The minimum Gasteiger partial charge on any atom is -0.497 e. The van der Waals surface area contributed by atoms with Crippen LogP contribution < -0.4 is 20.1 Å². The number of ether oxygens (including phenoxy) is 2. The fourth-order valence-electron chi connectivity index (χ4n) is 4.99. The molecule has 3 aromatic rings. The minimum atomic E-state index is -1.00. The molecule has 2 heterocycles. The summed E-state index contributed by atoms with van der Waals surface area (Å²) in [5.41, 5.74) is 4.52. The number of hydrogen-bond acceptors (Lipinski definition) is 5. The van der Waals surface area contributed by atoms with Crippen molar-refractivity contribution in [3.05, 3.63) is 41.7 Å². The van der Waals surface area contributed by atoms with E-state index in [4.69, 9.17) is 14.6 Å². The lowest BCUT2D eigenvalue weighted by Crippen LogP contribution is -2.43. The number of carboxylic acid groups (broad SMARTS) is 1. The normalized spacial score (nSPS) is 19.6. The van der Waals surface area contributed by atoms with Crippen LogP contribution in [-0.2, 0) is 0 Å². The average molecular weight is 493 g/mol. The van der Waals surface area contributed by atoms with Crippen molar-refractivity contribution < 1.29 is 24.2 Å². The summed E-state index contributed by atoms with van der Waals surface area (Å²) in [6.45, 7) is 2.56. The highest BCUT2D eigenvalue weighted by molar-refractivity contribution is 6.09. The Hall–Kier alpha value is -3.75. The first-order chi connectivity index (χ1) is 17.4. The molecule has 2 aromatic heterocycles. The molecule has 36 heavy (non-hydrogen) atoms. The Morgan fingerprint density at radius 2 is 1.78 bits per heavy atom. The van der Waals surface area contributed by atoms with Crippen molar-refractivity contribution in [2.45, 2.75) is 57.5 Å². The van der Waals surface area contributed by atoms with Gasteiger partial charge in [-0.15, -0.1) is 0 Å². The summed E-state index contributed by atoms with van der Waals surface area (Å²) in [6, 6.07) is 7.67. The topological polar surface area (TPSA) is 126 Å². The second kappa shape index (κ2) is 10.1. The molecule has 5 rings (SSSR count). The number of aryl methyl sites for hydroxylation is 1. The molecule has 0 unspecified atom stereocenters. The van der Waals surface area contributed by atoms with E-state index in [1.165, 1.54) is 12.8 Å². The molecule has 2 aliphatic carbocycles. The van der Waals surface area contributed by atoms with Crippen molar-refractivity contribution in [2.75, 3.05) is 13.7 Å². The standard InChI is InChI=1S/C27H32N4O5/c1-15-23(26(32)30-17-5-7-18(8-6-17)31-27(33)34)25-24(29-15)21(11-12-28-25)20-10-9-19(35-2)13-22(20)36-14-16-3-4-16/h9-13,16-18,29,31H,3-8,14H2,1-2H3,(H,30,32)(H,33,34)/t17-,18+. The molecule has 2 aliphatic rings. The summed E-state index contributed by atoms with van der Waals surface area (Å²) in [7, 11) is 1.64. The van der Waals surface area contributed by atoms with Gasteiger partial charge < -0.3 is 30.2 Å². The van der Waals surface area contributed by atoms with Crippen molar-refractivity contribution in [3.8, 4) is 22.6 Å². The van der Waals surface area contributed by atoms with E-state index in [0.29, 0.717) is 36.4 Å². The van der Waals surface area contributed by atoms with Crippen LogP contribution in [0.4, 0.5) is 4.79 Å². The van der Waals surface area contributed by atoms with E-state index in [0.717, 1.165) is 46.7 Å². The lowest BCUT2D eigenvalue weighted by molar-refractivity contribution is 0.0924. The molecular formula is C27H32N4O5. The number of hydrogen-bond donors (Lipinski definition) is 4. The number of benzene rings is 1. The molecule has 2 amide bonds. The number of carbonyl (C=O) groups is 2. The predicted octanol–water partition coefficient (Wildman–Crippen LogP) is 4.64. The van der Waals surface area contributed by atoms with Gasteiger partial charge in [-0.2, -0.15) is 0 Å². The number of methoxy groups -OCH3 is 1. The Morgan fingerprint density at radius 1 is 1.06 bits per heavy atom. The number of fused-ring (bicyclic) bond motifs is 1. The van der Waals surface area contributed by atoms with Crippen LogP contribution in [0.1, 0.15) is 54.6 Å². The lowest BCUT2D eigenvalue weighted by Gasteiger charge is -2.28. The Morgan fingerprint density at radius 3 is 2.44 bits per heavy atom. The van der Waals surface area contributed by atoms with E-state index >= 15 is 0 Å². The van der Waals surface area contributed by atoms with E-state index in [2.05, 4.69) is 20.6 Å². The Bertz CT molecular complexity index is 1270. The molecular weight excluding hydrogens is 460 g/mol. The van der Waals surface area contributed by atoms with Crippen molar-refractivity contribution in [3.63, 3.8) is 0 Å². The molecule has 0 atom stereocenters. The maximum atomic E-state index is 13.3. The van der Waals surface area contributed by atoms with E-state index in [1.807, 2.05) is 31.2 Å². The molecule has 2 fully saturated rings. The van der Waals surface area contributed by atoms with Crippen LogP contribution in [0, 0.1) is 12.8 Å². The van der Waals surface area contributed by atoms with Gasteiger partial charge in [-0.05, 0) is 69.6 Å². The van der Waals surface area contributed by atoms with Crippen LogP contribution >= 0.6 is 0 Å². The highest BCUT2D eigenvalue weighted by Gasteiger charge is 2.27. The molecule has 0 bridgehead atoms. The molecule has 4 N–H and O–H groups in total. The second-order valence-electron chi connectivity index (χ2n) is 9.80. The Balaban J connectivity index is 1.40. The fourth-order valence-corrected chi connectivity index (χ4v) is 4.99. The number of nitrogens with zero attached hydrogens (tertiary/aromatic N) is 1. The molecule has 0 aliphatic heterocycles. The van der Waals surface area contributed by atoms with E-state index in [1.54, 1.807) is 13.3 Å². The number of rotatable bonds is 8. The molecule has 9 nitrogen and oxygen atoms in total. The molecule has 9 heteroatoms. The van der Waals surface area contributed by atoms with Gasteiger partial charge in [0.25, 0.3) is 5.91 Å². The summed E-state index contributed by atoms with van der Waals surface area (Å²) < 4.78 is 11.6. The summed E-state index contributed by atoms with van der Waals surface area (Å²) in [6.07, 6.45) is 5.97. The van der Waals surface area contributed by atoms with Crippen LogP contribution in [0.5, 0.6) is 11.5 Å². The average Bonchev–Trinajstić information content (AvgIpc) is 3.63. The predicted molar refractivity (Wildman–Crippen MR) is 136 cm³/mol. The van der Waals surface area contributed by atoms with Gasteiger partial charge in [0.1, 0.15) is 17.0 Å². The highest BCUT2D eigenvalue weighted by Crippen LogP contribution is 2.39. The maximum Gasteiger partial charge on any atom is 0.404 e. The Labute approximate surface area is 209 Å². The van der Waals surface area contributed by atoms with Crippen molar-refractivity contribution in [1.29, 1.82) is 0 Å². The van der Waals surface area contributed by atoms with Crippen LogP contribution in [0.25, 0.3) is 22.2 Å². The molecule has 190 valence electrons. The van der Waals surface area contributed by atoms with Crippen LogP contribution in [0.2, 0.25) is 0 Å². The van der Waals surface area contributed by atoms with Crippen molar-refractivity contribution in [2.24, 2.45) is 5.92 Å². The summed E-state index contributed by atoms with van der Waals surface area (Å²) >= 11 is 0. The number of nitrogens with one attached hydrogen (secondary N) is 3. The van der Waals surface area contributed by atoms with E-state index < -0.39 is 6.09 Å². The fraction of sp³-hybridized carbons (Fsp3) is 0.444. The number of aromatic nitrogens is 2. The van der Waals surface area contributed by atoms with Crippen LogP contribution in [-0.4, -0.2) is 52.9 Å². The highest BCUT2D eigenvalue weighted by atomic mass is 16.5. The van der Waals surface area contributed by atoms with Crippen molar-refractivity contribution >= 4 is 23.0 Å². The third kappa shape index (κ3) is 5.10. The first-order valence-electron chi connectivity index (χ1n) is 12.5. The number of H-pyrrole nitrogens is 1.